The molecule has 0 atom stereocenters. The molecule has 1 aromatic carbocycles. The summed E-state index contributed by atoms with van der Waals surface area (Å²) in [6, 6.07) is 8.09. The van der Waals surface area contributed by atoms with Gasteiger partial charge in [-0.3, -0.25) is 0 Å². The van der Waals surface area contributed by atoms with E-state index in [2.05, 4.69) is 33.5 Å². The number of nitrogens with one attached hydrogen (secondary N) is 2. The molecule has 8 heteroatoms. The minimum atomic E-state index is 0. The number of aryl methyl sites for hydroxylation is 2. The molecule has 1 heterocycles. The maximum Gasteiger partial charge on any atom is 0.191 e. The van der Waals surface area contributed by atoms with Crippen molar-refractivity contribution in [2.24, 2.45) is 4.99 Å². The zero-order valence-electron chi connectivity index (χ0n) is 17.4. The minimum absolute atomic E-state index is 0. The molecule has 0 fully saturated rings. The predicted molar refractivity (Wildman–Crippen MR) is 129 cm³/mol. The van der Waals surface area contributed by atoms with Crippen molar-refractivity contribution in [2.45, 2.75) is 33.9 Å². The Morgan fingerprint density at radius 3 is 2.61 bits per heavy atom. The van der Waals surface area contributed by atoms with Crippen LogP contribution in [-0.4, -0.2) is 49.6 Å². The van der Waals surface area contributed by atoms with Crippen LogP contribution < -0.4 is 15.4 Å². The van der Waals surface area contributed by atoms with E-state index in [0.717, 1.165) is 47.6 Å². The molecular formula is C20H32IN5OS. The molecule has 0 aliphatic rings. The van der Waals surface area contributed by atoms with Gasteiger partial charge in [0.05, 0.1) is 23.8 Å². The van der Waals surface area contributed by atoms with Gasteiger partial charge in [0.25, 0.3) is 0 Å². The van der Waals surface area contributed by atoms with Crippen LogP contribution >= 0.6 is 35.3 Å². The van der Waals surface area contributed by atoms with Gasteiger partial charge in [0.15, 0.2) is 5.96 Å². The van der Waals surface area contributed by atoms with Gasteiger partial charge < -0.3 is 20.3 Å². The summed E-state index contributed by atoms with van der Waals surface area (Å²) in [4.78, 5) is 12.6. The first-order chi connectivity index (χ1) is 13.0. The largest absolute Gasteiger partial charge is 0.492 e. The van der Waals surface area contributed by atoms with Crippen LogP contribution in [0.2, 0.25) is 0 Å². The summed E-state index contributed by atoms with van der Waals surface area (Å²) in [5.74, 6) is 1.69. The van der Waals surface area contributed by atoms with Crippen LogP contribution in [0.1, 0.15) is 28.1 Å². The molecule has 0 saturated carbocycles. The number of thiazole rings is 1. The molecule has 2 rings (SSSR count). The standard InChI is InChI=1S/C20H31N5OS.HI/c1-6-21-20(23-14-19-15(2)24-16(3)27-19)22-13-17-9-7-8-10-18(17)26-12-11-25(4)5;/h7-10H,6,11-14H2,1-5H3,(H2,21,22,23);1H. The molecule has 2 aromatic rings. The number of aliphatic imine (C=N–C) groups is 1. The van der Waals surface area contributed by atoms with Crippen molar-refractivity contribution >= 4 is 41.3 Å². The number of rotatable bonds is 9. The lowest BCUT2D eigenvalue weighted by Crippen LogP contribution is -2.36. The molecule has 0 amide bonds. The number of hydrogen-bond donors (Lipinski definition) is 2. The third-order valence-corrected chi connectivity index (χ3v) is 5.01. The Hall–Kier alpha value is -1.39. The second-order valence-corrected chi connectivity index (χ2v) is 7.84. The van der Waals surface area contributed by atoms with Gasteiger partial charge in [0.2, 0.25) is 0 Å². The lowest BCUT2D eigenvalue weighted by Gasteiger charge is -2.14. The fourth-order valence-corrected chi connectivity index (χ4v) is 3.40. The number of hydrogen-bond acceptors (Lipinski definition) is 5. The number of para-hydroxylation sites is 1. The van der Waals surface area contributed by atoms with Gasteiger partial charge in [-0.05, 0) is 40.9 Å². The highest BCUT2D eigenvalue weighted by molar-refractivity contribution is 14.0. The third-order valence-electron chi connectivity index (χ3n) is 3.94. The summed E-state index contributed by atoms with van der Waals surface area (Å²) in [5.41, 5.74) is 2.17. The monoisotopic (exact) mass is 517 g/mol. The van der Waals surface area contributed by atoms with Crippen LogP contribution in [0.15, 0.2) is 29.3 Å². The molecule has 6 nitrogen and oxygen atoms in total. The van der Waals surface area contributed by atoms with Crippen LogP contribution in [-0.2, 0) is 13.1 Å². The molecular weight excluding hydrogens is 485 g/mol. The first-order valence-electron chi connectivity index (χ1n) is 9.30. The van der Waals surface area contributed by atoms with Crippen LogP contribution in [0.25, 0.3) is 0 Å². The minimum Gasteiger partial charge on any atom is -0.492 e. The van der Waals surface area contributed by atoms with Crippen LogP contribution in [0.4, 0.5) is 0 Å². The van der Waals surface area contributed by atoms with Crippen LogP contribution in [0.3, 0.4) is 0 Å². The van der Waals surface area contributed by atoms with Crippen molar-refractivity contribution in [2.75, 3.05) is 33.8 Å². The Labute approximate surface area is 189 Å². The van der Waals surface area contributed by atoms with Crippen molar-refractivity contribution in [3.63, 3.8) is 0 Å². The van der Waals surface area contributed by atoms with E-state index in [4.69, 9.17) is 9.73 Å². The SMILES string of the molecule is CCNC(=NCc1ccccc1OCCN(C)C)NCc1sc(C)nc1C.I. The van der Waals surface area contributed by atoms with Gasteiger partial charge in [0.1, 0.15) is 12.4 Å². The highest BCUT2D eigenvalue weighted by atomic mass is 127. The number of likely N-dealkylation sites (N-methyl/N-ethyl adjacent to an activating group) is 1. The van der Waals surface area contributed by atoms with Crippen molar-refractivity contribution < 1.29 is 4.74 Å². The second kappa shape index (κ2) is 12.9. The lowest BCUT2D eigenvalue weighted by atomic mass is 10.2. The normalized spacial score (nSPS) is 11.3. The quantitative estimate of drug-likeness (QED) is 0.303. The lowest BCUT2D eigenvalue weighted by molar-refractivity contribution is 0.259. The smallest absolute Gasteiger partial charge is 0.191 e. The van der Waals surface area contributed by atoms with Gasteiger partial charge in [0, 0.05) is 23.5 Å². The van der Waals surface area contributed by atoms with Gasteiger partial charge >= 0.3 is 0 Å². The summed E-state index contributed by atoms with van der Waals surface area (Å²) < 4.78 is 5.93. The first-order valence-corrected chi connectivity index (χ1v) is 10.1. The molecule has 28 heavy (non-hydrogen) atoms. The molecule has 156 valence electrons. The number of aromatic nitrogens is 1. The molecule has 0 bridgehead atoms. The Morgan fingerprint density at radius 1 is 1.21 bits per heavy atom. The molecule has 2 N–H and O–H groups in total. The number of benzene rings is 1. The number of guanidine groups is 1. The summed E-state index contributed by atoms with van der Waals surface area (Å²) in [6.07, 6.45) is 0. The van der Waals surface area contributed by atoms with Gasteiger partial charge in [-0.15, -0.1) is 35.3 Å². The Kier molecular flexibility index (Phi) is 11.4. The Balaban J connectivity index is 0.00000392. The second-order valence-electron chi connectivity index (χ2n) is 6.55. The molecule has 1 aromatic heterocycles. The summed E-state index contributed by atoms with van der Waals surface area (Å²) in [7, 11) is 4.08. The van der Waals surface area contributed by atoms with E-state index in [0.29, 0.717) is 13.2 Å². The van der Waals surface area contributed by atoms with E-state index in [-0.39, 0.29) is 24.0 Å². The maximum absolute atomic E-state index is 5.93. The summed E-state index contributed by atoms with van der Waals surface area (Å²) in [5, 5.41) is 7.80. The number of nitrogens with zero attached hydrogens (tertiary/aromatic N) is 3. The van der Waals surface area contributed by atoms with Crippen molar-refractivity contribution in [1.29, 1.82) is 0 Å². The van der Waals surface area contributed by atoms with E-state index in [1.165, 1.54) is 4.88 Å². The fourth-order valence-electron chi connectivity index (χ4n) is 2.52. The van der Waals surface area contributed by atoms with Crippen molar-refractivity contribution in [3.8, 4) is 5.75 Å². The average Bonchev–Trinajstić information content (AvgIpc) is 2.95. The van der Waals surface area contributed by atoms with Crippen LogP contribution in [0.5, 0.6) is 5.75 Å². The predicted octanol–water partition coefficient (Wildman–Crippen LogP) is 3.57. The average molecular weight is 517 g/mol. The highest BCUT2D eigenvalue weighted by Crippen LogP contribution is 2.19. The van der Waals surface area contributed by atoms with Gasteiger partial charge in [-0.25, -0.2) is 9.98 Å². The third kappa shape index (κ3) is 8.32. The summed E-state index contributed by atoms with van der Waals surface area (Å²) >= 11 is 1.72. The Bertz CT molecular complexity index is 748. The van der Waals surface area contributed by atoms with E-state index >= 15 is 0 Å². The van der Waals surface area contributed by atoms with Crippen LogP contribution in [0, 0.1) is 13.8 Å². The van der Waals surface area contributed by atoms with E-state index in [1.807, 2.05) is 46.1 Å². The molecule has 0 radical (unpaired) electrons. The van der Waals surface area contributed by atoms with Crippen molar-refractivity contribution in [3.05, 3.63) is 45.4 Å². The zero-order valence-corrected chi connectivity index (χ0v) is 20.6. The zero-order chi connectivity index (χ0) is 19.6. The maximum atomic E-state index is 5.93. The fraction of sp³-hybridized carbons (Fsp3) is 0.500. The van der Waals surface area contributed by atoms with Gasteiger partial charge in [-0.2, -0.15) is 0 Å². The molecule has 0 aliphatic carbocycles. The molecule has 0 spiro atoms. The van der Waals surface area contributed by atoms with E-state index in [9.17, 15) is 0 Å². The van der Waals surface area contributed by atoms with Gasteiger partial charge in [-0.1, -0.05) is 18.2 Å². The highest BCUT2D eigenvalue weighted by Gasteiger charge is 2.07. The Morgan fingerprint density at radius 2 is 1.96 bits per heavy atom. The number of ether oxygens (including phenoxy) is 1. The molecule has 0 aliphatic heterocycles. The number of halogens is 1. The summed E-state index contributed by atoms with van der Waals surface area (Å²) in [6.45, 7) is 9.80. The first kappa shape index (κ1) is 24.6. The molecule has 0 unspecified atom stereocenters. The topological polar surface area (TPSA) is 61.8 Å². The van der Waals surface area contributed by atoms with E-state index in [1.54, 1.807) is 11.3 Å². The molecule has 0 saturated heterocycles. The van der Waals surface area contributed by atoms with E-state index < -0.39 is 0 Å². The van der Waals surface area contributed by atoms with Crippen molar-refractivity contribution in [1.82, 2.24) is 20.5 Å².